The molecule has 6 nitrogen and oxygen atoms in total. The summed E-state index contributed by atoms with van der Waals surface area (Å²) in [7, 11) is 3.07. The van der Waals surface area contributed by atoms with Gasteiger partial charge in [-0.1, -0.05) is 23.2 Å². The van der Waals surface area contributed by atoms with E-state index in [0.717, 1.165) is 0 Å². The van der Waals surface area contributed by atoms with Crippen molar-refractivity contribution in [2.45, 2.75) is 6.42 Å². The average molecular weight is 409 g/mol. The molecule has 0 radical (unpaired) electrons. The topological polar surface area (TPSA) is 67.9 Å². The van der Waals surface area contributed by atoms with E-state index in [0.29, 0.717) is 32.9 Å². The lowest BCUT2D eigenvalue weighted by molar-refractivity contribution is -0.122. The molecule has 2 aromatic carbocycles. The van der Waals surface area contributed by atoms with Gasteiger partial charge in [0.2, 0.25) is 11.8 Å². The van der Waals surface area contributed by atoms with E-state index in [1.165, 1.54) is 7.11 Å². The molecule has 0 saturated carbocycles. The third-order valence-corrected chi connectivity index (χ3v) is 4.91. The van der Waals surface area contributed by atoms with Gasteiger partial charge in [-0.15, -0.1) is 0 Å². The molecule has 142 valence electrons. The van der Waals surface area contributed by atoms with Gasteiger partial charge in [0.25, 0.3) is 0 Å². The zero-order chi connectivity index (χ0) is 19.6. The number of nitrogens with zero attached hydrogens (tertiary/aromatic N) is 1. The lowest BCUT2D eigenvalue weighted by Crippen LogP contribution is -2.28. The lowest BCUT2D eigenvalue weighted by atomic mass is 10.1. The van der Waals surface area contributed by atoms with Gasteiger partial charge in [0.1, 0.15) is 0 Å². The van der Waals surface area contributed by atoms with Gasteiger partial charge in [-0.25, -0.2) is 0 Å². The average Bonchev–Trinajstić information content (AvgIpc) is 3.05. The molecule has 8 heteroatoms. The van der Waals surface area contributed by atoms with Crippen molar-refractivity contribution in [1.82, 2.24) is 0 Å². The van der Waals surface area contributed by atoms with E-state index >= 15 is 0 Å². The van der Waals surface area contributed by atoms with Crippen LogP contribution in [0.15, 0.2) is 36.4 Å². The first-order valence-corrected chi connectivity index (χ1v) is 8.97. The van der Waals surface area contributed by atoms with E-state index in [1.54, 1.807) is 48.4 Å². The van der Waals surface area contributed by atoms with Crippen LogP contribution in [0.4, 0.5) is 11.4 Å². The van der Waals surface area contributed by atoms with Gasteiger partial charge in [0.05, 0.1) is 30.8 Å². The van der Waals surface area contributed by atoms with Crippen LogP contribution >= 0.6 is 23.2 Å². The van der Waals surface area contributed by atoms with Crippen LogP contribution in [0.3, 0.4) is 0 Å². The number of carbonyl (C=O) groups excluding carboxylic acids is 2. The fourth-order valence-corrected chi connectivity index (χ4v) is 3.41. The van der Waals surface area contributed by atoms with Crippen molar-refractivity contribution in [2.75, 3.05) is 31.0 Å². The number of amides is 2. The third-order valence-electron chi connectivity index (χ3n) is 4.36. The van der Waals surface area contributed by atoms with E-state index in [1.807, 2.05) is 0 Å². The summed E-state index contributed by atoms with van der Waals surface area (Å²) < 4.78 is 10.5. The molecule has 1 unspecified atom stereocenters. The summed E-state index contributed by atoms with van der Waals surface area (Å²) in [5.74, 6) is 0.195. The summed E-state index contributed by atoms with van der Waals surface area (Å²) in [5.41, 5.74) is 1.11. The Bertz CT molecular complexity index is 888. The molecular weight excluding hydrogens is 391 g/mol. The van der Waals surface area contributed by atoms with Crippen LogP contribution in [0.5, 0.6) is 11.5 Å². The van der Waals surface area contributed by atoms with E-state index in [-0.39, 0.29) is 24.8 Å². The number of nitrogens with one attached hydrogen (secondary N) is 1. The Morgan fingerprint density at radius 3 is 2.52 bits per heavy atom. The zero-order valence-electron chi connectivity index (χ0n) is 14.8. The molecule has 1 heterocycles. The normalized spacial score (nSPS) is 16.4. The second-order valence-corrected chi connectivity index (χ2v) is 6.90. The molecule has 1 aliphatic heterocycles. The van der Waals surface area contributed by atoms with Crippen LogP contribution in [-0.2, 0) is 9.59 Å². The molecule has 0 spiro atoms. The minimum Gasteiger partial charge on any atom is -0.493 e. The Labute approximate surface area is 167 Å². The number of ether oxygens (including phenoxy) is 2. The van der Waals surface area contributed by atoms with Crippen molar-refractivity contribution >= 4 is 46.4 Å². The minimum atomic E-state index is -0.489. The molecule has 0 aliphatic carbocycles. The number of hydrogen-bond acceptors (Lipinski definition) is 4. The number of rotatable bonds is 5. The second kappa shape index (κ2) is 8.06. The fraction of sp³-hybridized carbons (Fsp3) is 0.263. The molecule has 27 heavy (non-hydrogen) atoms. The molecule has 0 bridgehead atoms. The lowest BCUT2D eigenvalue weighted by Gasteiger charge is -2.18. The number of halogens is 2. The summed E-state index contributed by atoms with van der Waals surface area (Å²) >= 11 is 12.0. The first-order valence-electron chi connectivity index (χ1n) is 8.21. The Hall–Kier alpha value is -2.44. The maximum Gasteiger partial charge on any atom is 0.229 e. The summed E-state index contributed by atoms with van der Waals surface area (Å²) in [6.07, 6.45) is 0.116. The fourth-order valence-electron chi connectivity index (χ4n) is 2.95. The van der Waals surface area contributed by atoms with Crippen molar-refractivity contribution in [3.63, 3.8) is 0 Å². The van der Waals surface area contributed by atoms with Crippen molar-refractivity contribution in [3.8, 4) is 11.5 Å². The van der Waals surface area contributed by atoms with Gasteiger partial charge >= 0.3 is 0 Å². The molecule has 1 N–H and O–H groups in total. The van der Waals surface area contributed by atoms with E-state index < -0.39 is 5.92 Å². The van der Waals surface area contributed by atoms with Crippen molar-refractivity contribution in [1.29, 1.82) is 0 Å². The SMILES string of the molecule is COc1ccc(N2CC(C(=O)Nc3ccc(Cl)cc3Cl)CC2=O)cc1OC. The monoisotopic (exact) mass is 408 g/mol. The zero-order valence-corrected chi connectivity index (χ0v) is 16.3. The maximum absolute atomic E-state index is 12.6. The van der Waals surface area contributed by atoms with Gasteiger partial charge in [-0.05, 0) is 30.3 Å². The highest BCUT2D eigenvalue weighted by Crippen LogP contribution is 2.34. The molecule has 1 aliphatic rings. The third kappa shape index (κ3) is 4.12. The number of methoxy groups -OCH3 is 2. The standard InChI is InChI=1S/C19H18Cl2N2O4/c1-26-16-6-4-13(9-17(16)27-2)23-10-11(7-18(23)24)19(25)22-15-5-3-12(20)8-14(15)21/h3-6,8-9,11H,7,10H2,1-2H3,(H,22,25). The second-order valence-electron chi connectivity index (χ2n) is 6.06. The van der Waals surface area contributed by atoms with Crippen LogP contribution in [0.25, 0.3) is 0 Å². The quantitative estimate of drug-likeness (QED) is 0.811. The van der Waals surface area contributed by atoms with E-state index in [2.05, 4.69) is 5.32 Å². The maximum atomic E-state index is 12.6. The predicted octanol–water partition coefficient (Wildman–Crippen LogP) is 4.00. The van der Waals surface area contributed by atoms with E-state index in [4.69, 9.17) is 32.7 Å². The van der Waals surface area contributed by atoms with Crippen LogP contribution in [0, 0.1) is 5.92 Å². The van der Waals surface area contributed by atoms with Crippen molar-refractivity contribution in [3.05, 3.63) is 46.4 Å². The van der Waals surface area contributed by atoms with Gasteiger partial charge in [0, 0.05) is 29.7 Å². The first kappa shape index (κ1) is 19.3. The summed E-state index contributed by atoms with van der Waals surface area (Å²) in [6, 6.07) is 10.0. The molecule has 1 atom stereocenters. The Morgan fingerprint density at radius 2 is 1.85 bits per heavy atom. The summed E-state index contributed by atoms with van der Waals surface area (Å²) in [5, 5.41) is 3.58. The Balaban J connectivity index is 1.74. The number of carbonyl (C=O) groups is 2. The molecule has 3 rings (SSSR count). The Kier molecular flexibility index (Phi) is 5.77. The van der Waals surface area contributed by atoms with E-state index in [9.17, 15) is 9.59 Å². The van der Waals surface area contributed by atoms with Crippen LogP contribution in [0.2, 0.25) is 10.0 Å². The van der Waals surface area contributed by atoms with Crippen LogP contribution < -0.4 is 19.7 Å². The molecule has 1 fully saturated rings. The number of anilines is 2. The van der Waals surface area contributed by atoms with Gasteiger partial charge < -0.3 is 19.7 Å². The molecule has 2 aromatic rings. The van der Waals surface area contributed by atoms with Crippen LogP contribution in [0.1, 0.15) is 6.42 Å². The minimum absolute atomic E-state index is 0.116. The molecule has 2 amide bonds. The number of hydrogen-bond donors (Lipinski definition) is 1. The first-order chi connectivity index (χ1) is 12.9. The summed E-state index contributed by atoms with van der Waals surface area (Å²) in [6.45, 7) is 0.269. The highest BCUT2D eigenvalue weighted by Gasteiger charge is 2.35. The van der Waals surface area contributed by atoms with Gasteiger partial charge in [-0.3, -0.25) is 9.59 Å². The van der Waals surface area contributed by atoms with Gasteiger partial charge in [-0.2, -0.15) is 0 Å². The van der Waals surface area contributed by atoms with Gasteiger partial charge in [0.15, 0.2) is 11.5 Å². The largest absolute Gasteiger partial charge is 0.493 e. The van der Waals surface area contributed by atoms with Crippen LogP contribution in [-0.4, -0.2) is 32.6 Å². The molecule has 0 aromatic heterocycles. The predicted molar refractivity (Wildman–Crippen MR) is 105 cm³/mol. The highest BCUT2D eigenvalue weighted by molar-refractivity contribution is 6.36. The van der Waals surface area contributed by atoms with Crippen molar-refractivity contribution in [2.24, 2.45) is 5.92 Å². The smallest absolute Gasteiger partial charge is 0.229 e. The summed E-state index contributed by atoms with van der Waals surface area (Å²) in [4.78, 5) is 26.6. The molecule has 1 saturated heterocycles. The highest BCUT2D eigenvalue weighted by atomic mass is 35.5. The molecular formula is C19H18Cl2N2O4. The number of benzene rings is 2. The Morgan fingerprint density at radius 1 is 1.11 bits per heavy atom. The van der Waals surface area contributed by atoms with Crippen molar-refractivity contribution < 1.29 is 19.1 Å².